The van der Waals surface area contributed by atoms with E-state index in [0.717, 1.165) is 28.6 Å². The number of nitrogens with two attached hydrogens (primary N) is 2. The van der Waals surface area contributed by atoms with Crippen molar-refractivity contribution < 1.29 is 0 Å². The Labute approximate surface area is 87.4 Å². The first-order valence-corrected chi connectivity index (χ1v) is 5.25. The number of rotatable bonds is 3. The van der Waals surface area contributed by atoms with Gasteiger partial charge in [-0.3, -0.25) is 0 Å². The third kappa shape index (κ3) is 2.71. The van der Waals surface area contributed by atoms with Gasteiger partial charge in [-0.2, -0.15) is 0 Å². The second kappa shape index (κ2) is 4.63. The lowest BCUT2D eigenvalue weighted by molar-refractivity contribution is 0.638. The van der Waals surface area contributed by atoms with E-state index >= 15 is 0 Å². The molecule has 0 saturated heterocycles. The fourth-order valence-electron chi connectivity index (χ4n) is 1.27. The van der Waals surface area contributed by atoms with Crippen LogP contribution in [0.3, 0.4) is 0 Å². The van der Waals surface area contributed by atoms with Crippen LogP contribution >= 0.6 is 15.9 Å². The molecule has 0 radical (unpaired) electrons. The van der Waals surface area contributed by atoms with Crippen LogP contribution in [-0.4, -0.2) is 0 Å². The van der Waals surface area contributed by atoms with Gasteiger partial charge in [-0.05, 0) is 40.0 Å². The zero-order chi connectivity index (χ0) is 9.84. The summed E-state index contributed by atoms with van der Waals surface area (Å²) in [6.45, 7) is 2.13. The highest BCUT2D eigenvalue weighted by Gasteiger charge is 2.05. The van der Waals surface area contributed by atoms with E-state index in [4.69, 9.17) is 11.5 Å². The highest BCUT2D eigenvalue weighted by atomic mass is 79.9. The molecule has 0 aliphatic heterocycles. The lowest BCUT2D eigenvalue weighted by Gasteiger charge is -2.11. The summed E-state index contributed by atoms with van der Waals surface area (Å²) < 4.78 is 0.931. The molecule has 1 atom stereocenters. The van der Waals surface area contributed by atoms with Crippen LogP contribution in [0.2, 0.25) is 0 Å². The maximum Gasteiger partial charge on any atom is 0.0461 e. The van der Waals surface area contributed by atoms with E-state index < -0.39 is 0 Å². The van der Waals surface area contributed by atoms with Crippen LogP contribution in [0.5, 0.6) is 0 Å². The minimum atomic E-state index is 0.111. The van der Waals surface area contributed by atoms with Crippen molar-refractivity contribution in [3.63, 3.8) is 0 Å². The van der Waals surface area contributed by atoms with Gasteiger partial charge in [0.05, 0.1) is 0 Å². The van der Waals surface area contributed by atoms with Gasteiger partial charge < -0.3 is 11.5 Å². The predicted octanol–water partition coefficient (Wildman–Crippen LogP) is 2.83. The molecule has 0 fully saturated rings. The summed E-state index contributed by atoms with van der Waals surface area (Å²) >= 11 is 3.35. The number of anilines is 1. The Morgan fingerprint density at radius 1 is 1.46 bits per heavy atom. The van der Waals surface area contributed by atoms with E-state index in [1.54, 1.807) is 0 Å². The Morgan fingerprint density at radius 3 is 2.69 bits per heavy atom. The Morgan fingerprint density at radius 2 is 2.15 bits per heavy atom. The molecule has 0 aliphatic carbocycles. The van der Waals surface area contributed by atoms with Crippen molar-refractivity contribution in [3.8, 4) is 0 Å². The number of nitrogen functional groups attached to an aromatic ring is 1. The van der Waals surface area contributed by atoms with Crippen molar-refractivity contribution in [2.24, 2.45) is 5.73 Å². The molecule has 0 aromatic heterocycles. The number of benzene rings is 1. The lowest BCUT2D eigenvalue weighted by Crippen LogP contribution is -2.09. The number of hydrogen-bond acceptors (Lipinski definition) is 2. The van der Waals surface area contributed by atoms with Crippen molar-refractivity contribution in [1.29, 1.82) is 0 Å². The lowest BCUT2D eigenvalue weighted by atomic mass is 10.0. The molecule has 0 amide bonds. The average molecular weight is 243 g/mol. The predicted molar refractivity (Wildman–Crippen MR) is 60.4 cm³/mol. The molecule has 0 unspecified atom stereocenters. The summed E-state index contributed by atoms with van der Waals surface area (Å²) in [6.07, 6.45) is 2.10. The van der Waals surface area contributed by atoms with E-state index in [1.807, 2.05) is 18.2 Å². The molecule has 0 heterocycles. The quantitative estimate of drug-likeness (QED) is 0.802. The Kier molecular flexibility index (Phi) is 3.75. The van der Waals surface area contributed by atoms with Crippen molar-refractivity contribution in [3.05, 3.63) is 28.2 Å². The van der Waals surface area contributed by atoms with E-state index in [1.165, 1.54) is 0 Å². The molecule has 0 spiro atoms. The zero-order valence-corrected chi connectivity index (χ0v) is 9.34. The van der Waals surface area contributed by atoms with Crippen LogP contribution in [-0.2, 0) is 0 Å². The molecular weight excluding hydrogens is 228 g/mol. The Hall–Kier alpha value is -0.540. The maximum absolute atomic E-state index is 5.95. The smallest absolute Gasteiger partial charge is 0.0461 e. The van der Waals surface area contributed by atoms with Gasteiger partial charge in [0.25, 0.3) is 0 Å². The maximum atomic E-state index is 5.95. The SMILES string of the molecule is CCC[C@H](N)c1ccc(Br)c(N)c1. The fourth-order valence-corrected chi connectivity index (χ4v) is 1.52. The first-order valence-electron chi connectivity index (χ1n) is 4.45. The van der Waals surface area contributed by atoms with Crippen molar-refractivity contribution in [2.75, 3.05) is 5.73 Å². The first-order chi connectivity index (χ1) is 6.15. The molecule has 72 valence electrons. The summed E-state index contributed by atoms with van der Waals surface area (Å²) in [7, 11) is 0. The molecular formula is C10H15BrN2. The van der Waals surface area contributed by atoms with Crippen molar-refractivity contribution in [1.82, 2.24) is 0 Å². The summed E-state index contributed by atoms with van der Waals surface area (Å²) in [6, 6.07) is 6.01. The number of halogens is 1. The molecule has 2 nitrogen and oxygen atoms in total. The van der Waals surface area contributed by atoms with Crippen LogP contribution in [0.1, 0.15) is 31.4 Å². The molecule has 3 heteroatoms. The van der Waals surface area contributed by atoms with Crippen molar-refractivity contribution >= 4 is 21.6 Å². The minimum absolute atomic E-state index is 0.111. The van der Waals surface area contributed by atoms with Crippen LogP contribution in [0.25, 0.3) is 0 Å². The van der Waals surface area contributed by atoms with Crippen LogP contribution in [0, 0.1) is 0 Å². The highest BCUT2D eigenvalue weighted by molar-refractivity contribution is 9.10. The molecule has 0 saturated carbocycles. The number of hydrogen-bond donors (Lipinski definition) is 2. The Bertz CT molecular complexity index is 286. The normalized spacial score (nSPS) is 12.8. The van der Waals surface area contributed by atoms with Crippen LogP contribution in [0.15, 0.2) is 22.7 Å². The van der Waals surface area contributed by atoms with Gasteiger partial charge in [0, 0.05) is 16.2 Å². The largest absolute Gasteiger partial charge is 0.398 e. The Balaban J connectivity index is 2.84. The molecule has 1 rings (SSSR count). The third-order valence-corrected chi connectivity index (χ3v) is 2.77. The summed E-state index contributed by atoms with van der Waals surface area (Å²) in [5.41, 5.74) is 13.6. The minimum Gasteiger partial charge on any atom is -0.398 e. The molecule has 4 N–H and O–H groups in total. The molecule has 0 aliphatic rings. The van der Waals surface area contributed by atoms with Crippen molar-refractivity contribution in [2.45, 2.75) is 25.8 Å². The standard InChI is InChI=1S/C10H15BrN2/c1-2-3-9(12)7-4-5-8(11)10(13)6-7/h4-6,9H,2-3,12-13H2,1H3/t9-/m0/s1. The van der Waals surface area contributed by atoms with E-state index in [-0.39, 0.29) is 6.04 Å². The second-order valence-corrected chi connectivity index (χ2v) is 4.03. The molecule has 1 aromatic rings. The van der Waals surface area contributed by atoms with Crippen LogP contribution in [0.4, 0.5) is 5.69 Å². The summed E-state index contributed by atoms with van der Waals surface area (Å²) in [4.78, 5) is 0. The second-order valence-electron chi connectivity index (χ2n) is 3.18. The van der Waals surface area contributed by atoms with Gasteiger partial charge in [-0.25, -0.2) is 0 Å². The topological polar surface area (TPSA) is 52.0 Å². The van der Waals surface area contributed by atoms with E-state index in [9.17, 15) is 0 Å². The van der Waals surface area contributed by atoms with Crippen LogP contribution < -0.4 is 11.5 Å². The van der Waals surface area contributed by atoms with E-state index in [2.05, 4.69) is 22.9 Å². The van der Waals surface area contributed by atoms with Gasteiger partial charge in [0.15, 0.2) is 0 Å². The fraction of sp³-hybridized carbons (Fsp3) is 0.400. The summed E-state index contributed by atoms with van der Waals surface area (Å²) in [5, 5.41) is 0. The van der Waals surface area contributed by atoms with Gasteiger partial charge in [-0.15, -0.1) is 0 Å². The molecule has 1 aromatic carbocycles. The van der Waals surface area contributed by atoms with E-state index in [0.29, 0.717) is 0 Å². The zero-order valence-electron chi connectivity index (χ0n) is 7.76. The first kappa shape index (κ1) is 10.5. The third-order valence-electron chi connectivity index (χ3n) is 2.05. The summed E-state index contributed by atoms with van der Waals surface area (Å²) in [5.74, 6) is 0. The van der Waals surface area contributed by atoms with Gasteiger partial charge >= 0.3 is 0 Å². The average Bonchev–Trinajstić information content (AvgIpc) is 2.10. The molecule has 0 bridgehead atoms. The van der Waals surface area contributed by atoms with Gasteiger partial charge in [-0.1, -0.05) is 19.4 Å². The highest BCUT2D eigenvalue weighted by Crippen LogP contribution is 2.24. The molecule has 13 heavy (non-hydrogen) atoms. The van der Waals surface area contributed by atoms with Gasteiger partial charge in [0.2, 0.25) is 0 Å². The van der Waals surface area contributed by atoms with Gasteiger partial charge in [0.1, 0.15) is 0 Å². The monoisotopic (exact) mass is 242 g/mol.